The molecule has 0 aliphatic heterocycles. The Kier molecular flexibility index (Phi) is 8.41. The Morgan fingerprint density at radius 2 is 1.57 bits per heavy atom. The molecule has 0 aliphatic rings. The molecule has 0 aromatic heterocycles. The first-order chi connectivity index (χ1) is 14.2. The highest BCUT2D eigenvalue weighted by Crippen LogP contribution is 2.17. The molecule has 30 heavy (non-hydrogen) atoms. The Hall–Kier alpha value is -2.87. The monoisotopic (exact) mass is 431 g/mol. The van der Waals surface area contributed by atoms with Gasteiger partial charge in [-0.1, -0.05) is 48.5 Å². The minimum Gasteiger partial charge on any atom is -0.355 e. The number of rotatable bonds is 10. The van der Waals surface area contributed by atoms with E-state index in [4.69, 9.17) is 0 Å². The molecule has 2 amide bonds. The summed E-state index contributed by atoms with van der Waals surface area (Å²) in [7, 11) is -3.68. The van der Waals surface area contributed by atoms with E-state index in [9.17, 15) is 18.0 Å². The lowest BCUT2D eigenvalue weighted by Gasteiger charge is -2.31. The molecular formula is C22H29N3O4S. The predicted molar refractivity (Wildman–Crippen MR) is 119 cm³/mol. The Morgan fingerprint density at radius 3 is 2.10 bits per heavy atom. The molecule has 0 unspecified atom stereocenters. The largest absolute Gasteiger partial charge is 0.355 e. The lowest BCUT2D eigenvalue weighted by molar-refractivity contribution is -0.138. The number of nitrogens with one attached hydrogen (secondary N) is 1. The first-order valence-corrected chi connectivity index (χ1v) is 11.7. The van der Waals surface area contributed by atoms with Gasteiger partial charge in [-0.15, -0.1) is 0 Å². The van der Waals surface area contributed by atoms with Gasteiger partial charge >= 0.3 is 0 Å². The smallest absolute Gasteiger partial charge is 0.244 e. The Bertz CT molecular complexity index is 933. The highest BCUT2D eigenvalue weighted by atomic mass is 32.2. The van der Waals surface area contributed by atoms with Crippen molar-refractivity contribution in [1.29, 1.82) is 0 Å². The van der Waals surface area contributed by atoms with Crippen LogP contribution in [0.15, 0.2) is 60.7 Å². The highest BCUT2D eigenvalue weighted by molar-refractivity contribution is 7.92. The van der Waals surface area contributed by atoms with Crippen LogP contribution in [0.25, 0.3) is 0 Å². The van der Waals surface area contributed by atoms with E-state index in [2.05, 4.69) is 5.32 Å². The van der Waals surface area contributed by atoms with Crippen LogP contribution in [0.5, 0.6) is 0 Å². The molecule has 0 fully saturated rings. The van der Waals surface area contributed by atoms with E-state index in [1.807, 2.05) is 37.3 Å². The molecule has 0 radical (unpaired) electrons. The fraction of sp³-hybridized carbons (Fsp3) is 0.364. The number of hydrogen-bond acceptors (Lipinski definition) is 4. The van der Waals surface area contributed by atoms with E-state index in [1.54, 1.807) is 37.3 Å². The molecule has 0 heterocycles. The standard InChI is InChI=1S/C22H29N3O4S/c1-4-23-22(27)18(2)24(16-15-19-11-7-5-8-12-19)21(26)17-25(30(3,28)29)20-13-9-6-10-14-20/h5-14,18H,4,15-17H2,1-3H3,(H,23,27)/t18-/m0/s1. The topological polar surface area (TPSA) is 86.8 Å². The van der Waals surface area contributed by atoms with Crippen LogP contribution in [-0.4, -0.2) is 57.1 Å². The van der Waals surface area contributed by atoms with Crippen molar-refractivity contribution in [3.63, 3.8) is 0 Å². The van der Waals surface area contributed by atoms with Crippen LogP contribution in [0.1, 0.15) is 19.4 Å². The Balaban J connectivity index is 2.26. The second-order valence-corrected chi connectivity index (χ2v) is 8.91. The van der Waals surface area contributed by atoms with Crippen molar-refractivity contribution in [3.05, 3.63) is 66.2 Å². The van der Waals surface area contributed by atoms with Crippen LogP contribution >= 0.6 is 0 Å². The summed E-state index contributed by atoms with van der Waals surface area (Å²) in [6, 6.07) is 17.4. The van der Waals surface area contributed by atoms with Crippen LogP contribution in [-0.2, 0) is 26.0 Å². The molecule has 0 spiro atoms. The molecule has 8 heteroatoms. The van der Waals surface area contributed by atoms with E-state index >= 15 is 0 Å². The van der Waals surface area contributed by atoms with Gasteiger partial charge in [0.15, 0.2) is 0 Å². The number of nitrogens with zero attached hydrogens (tertiary/aromatic N) is 2. The van der Waals surface area contributed by atoms with E-state index in [1.165, 1.54) is 4.90 Å². The molecule has 0 saturated heterocycles. The number of sulfonamides is 1. The maximum Gasteiger partial charge on any atom is 0.244 e. The number of likely N-dealkylation sites (N-methyl/N-ethyl adjacent to an activating group) is 1. The van der Waals surface area contributed by atoms with Gasteiger partial charge in [0.2, 0.25) is 21.8 Å². The summed E-state index contributed by atoms with van der Waals surface area (Å²) in [6.45, 7) is 3.83. The van der Waals surface area contributed by atoms with Crippen molar-refractivity contribution in [2.24, 2.45) is 0 Å². The molecule has 7 nitrogen and oxygen atoms in total. The van der Waals surface area contributed by atoms with Gasteiger partial charge in [-0.3, -0.25) is 13.9 Å². The maximum atomic E-state index is 13.2. The second-order valence-electron chi connectivity index (χ2n) is 7.00. The van der Waals surface area contributed by atoms with Crippen LogP contribution in [0.2, 0.25) is 0 Å². The van der Waals surface area contributed by atoms with Crippen LogP contribution in [0.4, 0.5) is 5.69 Å². The van der Waals surface area contributed by atoms with Gasteiger partial charge in [0.05, 0.1) is 11.9 Å². The van der Waals surface area contributed by atoms with Crippen molar-refractivity contribution < 1.29 is 18.0 Å². The molecule has 0 saturated carbocycles. The average Bonchev–Trinajstić information content (AvgIpc) is 2.72. The Morgan fingerprint density at radius 1 is 1.00 bits per heavy atom. The summed E-state index contributed by atoms with van der Waals surface area (Å²) in [6.07, 6.45) is 1.62. The zero-order valence-corrected chi connectivity index (χ0v) is 18.4. The van der Waals surface area contributed by atoms with Crippen molar-refractivity contribution in [3.8, 4) is 0 Å². The van der Waals surface area contributed by atoms with E-state index in [-0.39, 0.29) is 12.5 Å². The first kappa shape index (κ1) is 23.4. The minimum atomic E-state index is -3.68. The van der Waals surface area contributed by atoms with Crippen molar-refractivity contribution in [2.45, 2.75) is 26.3 Å². The third kappa shape index (κ3) is 6.59. The van der Waals surface area contributed by atoms with Crippen LogP contribution in [0, 0.1) is 0 Å². The van der Waals surface area contributed by atoms with Crippen molar-refractivity contribution >= 4 is 27.5 Å². The number of para-hydroxylation sites is 1. The zero-order valence-electron chi connectivity index (χ0n) is 17.6. The Labute approximate surface area is 178 Å². The number of carbonyl (C=O) groups is 2. The van der Waals surface area contributed by atoms with Gasteiger partial charge in [-0.2, -0.15) is 0 Å². The summed E-state index contributed by atoms with van der Waals surface area (Å²) >= 11 is 0. The van der Waals surface area contributed by atoms with Crippen LogP contribution < -0.4 is 9.62 Å². The fourth-order valence-corrected chi connectivity index (χ4v) is 3.95. The van der Waals surface area contributed by atoms with E-state index in [0.29, 0.717) is 25.2 Å². The normalized spacial score (nSPS) is 12.1. The summed E-state index contributed by atoms with van der Waals surface area (Å²) in [5.74, 6) is -0.705. The van der Waals surface area contributed by atoms with Gasteiger partial charge in [0.1, 0.15) is 12.6 Å². The molecule has 0 bridgehead atoms. The molecule has 0 aliphatic carbocycles. The molecule has 2 aromatic carbocycles. The number of hydrogen-bond donors (Lipinski definition) is 1. The van der Waals surface area contributed by atoms with Crippen molar-refractivity contribution in [1.82, 2.24) is 10.2 Å². The maximum absolute atomic E-state index is 13.2. The lowest BCUT2D eigenvalue weighted by Crippen LogP contribution is -2.52. The summed E-state index contributed by atoms with van der Waals surface area (Å²) in [5, 5.41) is 2.73. The molecule has 1 N–H and O–H groups in total. The molecular weight excluding hydrogens is 402 g/mol. The molecule has 1 atom stereocenters. The van der Waals surface area contributed by atoms with Crippen LogP contribution in [0.3, 0.4) is 0 Å². The molecule has 2 aromatic rings. The van der Waals surface area contributed by atoms with Gasteiger partial charge < -0.3 is 10.2 Å². The first-order valence-electron chi connectivity index (χ1n) is 9.88. The molecule has 162 valence electrons. The third-order valence-corrected chi connectivity index (χ3v) is 5.87. The lowest BCUT2D eigenvalue weighted by atomic mass is 10.1. The summed E-state index contributed by atoms with van der Waals surface area (Å²) in [5.41, 5.74) is 1.43. The van der Waals surface area contributed by atoms with E-state index in [0.717, 1.165) is 16.1 Å². The number of benzene rings is 2. The van der Waals surface area contributed by atoms with Gasteiger partial charge in [0.25, 0.3) is 0 Å². The highest BCUT2D eigenvalue weighted by Gasteiger charge is 2.29. The fourth-order valence-electron chi connectivity index (χ4n) is 3.10. The zero-order chi connectivity index (χ0) is 22.1. The minimum absolute atomic E-state index is 0.274. The summed E-state index contributed by atoms with van der Waals surface area (Å²) in [4.78, 5) is 27.0. The SMILES string of the molecule is CCNC(=O)[C@H](C)N(CCc1ccccc1)C(=O)CN(c1ccccc1)S(C)(=O)=O. The van der Waals surface area contributed by atoms with Crippen molar-refractivity contribution in [2.75, 3.05) is 30.2 Å². The third-order valence-electron chi connectivity index (χ3n) is 4.73. The van der Waals surface area contributed by atoms with Gasteiger partial charge in [0, 0.05) is 13.1 Å². The average molecular weight is 432 g/mol. The molecule has 2 rings (SSSR count). The summed E-state index contributed by atoms with van der Waals surface area (Å²) < 4.78 is 25.8. The number of carbonyl (C=O) groups excluding carboxylic acids is 2. The van der Waals surface area contributed by atoms with Gasteiger partial charge in [-0.05, 0) is 38.0 Å². The number of anilines is 1. The van der Waals surface area contributed by atoms with Gasteiger partial charge in [-0.25, -0.2) is 8.42 Å². The quantitative estimate of drug-likeness (QED) is 0.624. The second kappa shape index (κ2) is 10.8. The number of amides is 2. The predicted octanol–water partition coefficient (Wildman–Crippen LogP) is 2.05. The van der Waals surface area contributed by atoms with E-state index < -0.39 is 22.0 Å².